The first kappa shape index (κ1) is 39.2. The molecule has 1 heterocycles. The zero-order valence-electron chi connectivity index (χ0n) is 23.8. The summed E-state index contributed by atoms with van der Waals surface area (Å²) in [6, 6.07) is 12.4. The van der Waals surface area contributed by atoms with Crippen LogP contribution in [0.3, 0.4) is 0 Å². The minimum absolute atomic E-state index is 0. The van der Waals surface area contributed by atoms with Crippen LogP contribution in [0.15, 0.2) is 24.3 Å². The van der Waals surface area contributed by atoms with Gasteiger partial charge < -0.3 is 0 Å². The molecule has 6 heteroatoms. The second-order valence-corrected chi connectivity index (χ2v) is 19.8. The number of hydrogen-bond donors (Lipinski definition) is 1. The van der Waals surface area contributed by atoms with Crippen LogP contribution in [0.4, 0.5) is 5.69 Å². The van der Waals surface area contributed by atoms with Crippen molar-refractivity contribution in [2.75, 3.05) is 37.0 Å². The number of benzene rings is 1. The Morgan fingerprint density at radius 3 is 1.41 bits per heavy atom. The van der Waals surface area contributed by atoms with Gasteiger partial charge in [0.15, 0.2) is 5.71 Å². The van der Waals surface area contributed by atoms with Crippen LogP contribution in [0.2, 0.25) is 18.1 Å². The van der Waals surface area contributed by atoms with Gasteiger partial charge in [-0.2, -0.15) is 0 Å². The maximum Gasteiger partial charge on any atom is 0.211 e. The summed E-state index contributed by atoms with van der Waals surface area (Å²) in [7, 11) is -0.449. The van der Waals surface area contributed by atoms with Crippen molar-refractivity contribution in [1.82, 2.24) is 0 Å². The van der Waals surface area contributed by atoms with Crippen molar-refractivity contribution in [2.45, 2.75) is 87.4 Å². The normalized spacial score (nSPS) is 13.2. The third-order valence-corrected chi connectivity index (χ3v) is 17.2. The van der Waals surface area contributed by atoms with Crippen molar-refractivity contribution < 1.29 is 25.4 Å². The van der Waals surface area contributed by atoms with E-state index in [1.807, 2.05) is 0 Å². The summed E-state index contributed by atoms with van der Waals surface area (Å²) in [5, 5.41) is 0. The third-order valence-electron chi connectivity index (χ3n) is 7.00. The van der Waals surface area contributed by atoms with Gasteiger partial charge in [0.2, 0.25) is 5.69 Å². The fourth-order valence-corrected chi connectivity index (χ4v) is 9.63. The number of nitrogens with one attached hydrogen (secondary N) is 1. The molecule has 0 bridgehead atoms. The monoisotopic (exact) mass is 635 g/mol. The zero-order chi connectivity index (χ0) is 24.6. The Morgan fingerprint density at radius 1 is 0.706 bits per heavy atom. The first-order valence-corrected chi connectivity index (χ1v) is 19.6. The summed E-state index contributed by atoms with van der Waals surface area (Å²) in [4.78, 5) is 3.48. The van der Waals surface area contributed by atoms with Crippen LogP contribution in [0.1, 0.15) is 74.8 Å². The largest absolute Gasteiger partial charge is 0.211 e. The Balaban J connectivity index is -0.000000506. The molecule has 1 nitrogen and oxygen atoms in total. The smallest absolute Gasteiger partial charge is 0.208 e. The Hall–Kier alpha value is 0.659. The first-order chi connectivity index (χ1) is 15.3. The number of hydrogen-bond acceptors (Lipinski definition) is 0. The molecule has 1 aliphatic heterocycles. The van der Waals surface area contributed by atoms with Crippen LogP contribution in [-0.4, -0.2) is 50.8 Å². The summed E-state index contributed by atoms with van der Waals surface area (Å²) < 4.78 is 0. The zero-order valence-corrected chi connectivity index (χ0v) is 29.0. The van der Waals surface area contributed by atoms with Crippen molar-refractivity contribution in [2.24, 2.45) is 0 Å². The molecular formula is C28H54ClNP2PdSi+. The van der Waals surface area contributed by atoms with Gasteiger partial charge in [-0.15, -0.1) is 28.3 Å². The van der Waals surface area contributed by atoms with E-state index in [9.17, 15) is 0 Å². The van der Waals surface area contributed by atoms with E-state index in [2.05, 4.69) is 104 Å². The number of para-hydroxylation sites is 1. The van der Waals surface area contributed by atoms with E-state index in [-0.39, 0.29) is 32.8 Å². The Morgan fingerprint density at radius 2 is 1.09 bits per heavy atom. The van der Waals surface area contributed by atoms with E-state index < -0.39 is 8.07 Å². The SMILES string of the molecule is CCP(CC)CC.CCP(CC)CC.CC[Si]([C]=C1C(C)=[NH+]c2ccccc21)(CC)CC.Cl.[Pd]. The van der Waals surface area contributed by atoms with Crippen LogP contribution in [0, 0.1) is 5.70 Å². The van der Waals surface area contributed by atoms with E-state index in [4.69, 9.17) is 0 Å². The molecule has 0 saturated heterocycles. The maximum atomic E-state index is 3.94. The van der Waals surface area contributed by atoms with E-state index >= 15 is 0 Å². The average Bonchev–Trinajstić information content (AvgIpc) is 3.15. The van der Waals surface area contributed by atoms with Gasteiger partial charge in [-0.3, -0.25) is 0 Å². The molecule has 0 atom stereocenters. The van der Waals surface area contributed by atoms with Gasteiger partial charge in [0, 0.05) is 33.4 Å². The van der Waals surface area contributed by atoms with Crippen molar-refractivity contribution in [3.05, 3.63) is 35.5 Å². The molecule has 34 heavy (non-hydrogen) atoms. The van der Waals surface area contributed by atoms with Crippen LogP contribution >= 0.6 is 28.3 Å². The molecule has 0 spiro atoms. The molecule has 0 fully saturated rings. The van der Waals surface area contributed by atoms with Gasteiger partial charge in [-0.05, 0) is 48.7 Å². The van der Waals surface area contributed by atoms with E-state index in [1.165, 1.54) is 77.6 Å². The molecule has 0 unspecified atom stereocenters. The Kier molecular flexibility index (Phi) is 26.3. The summed E-state index contributed by atoms with van der Waals surface area (Å²) in [6.07, 6.45) is 8.51. The van der Waals surface area contributed by atoms with Gasteiger partial charge in [-0.25, -0.2) is 4.99 Å². The van der Waals surface area contributed by atoms with Gasteiger partial charge in [0.1, 0.15) is 0 Å². The number of fused-ring (bicyclic) bond motifs is 1. The molecule has 201 valence electrons. The summed E-state index contributed by atoms with van der Waals surface area (Å²) in [5.41, 5.74) is 9.12. The van der Waals surface area contributed by atoms with Crippen molar-refractivity contribution in [3.8, 4) is 0 Å². The van der Waals surface area contributed by atoms with Crippen LogP contribution in [-0.2, 0) is 20.4 Å². The standard InChI is InChI=1S/C16H22NSi.2C6H15P.ClH.Pd/c1-5-18(6-2,7-3)12-15-13(4)17-16-11-9-8-10-14(15)16;2*1-4-7(5-2)6-3;;/h8-11H,5-7H2,1-4H3;2*4-6H2,1-3H3;1H;/p+1. The molecule has 1 aromatic rings. The molecule has 2 rings (SSSR count). The van der Waals surface area contributed by atoms with Crippen molar-refractivity contribution >= 4 is 53.3 Å². The summed E-state index contributed by atoms with van der Waals surface area (Å²) >= 11 is 0. The first-order valence-electron chi connectivity index (χ1n) is 13.1. The van der Waals surface area contributed by atoms with E-state index in [0.717, 1.165) is 0 Å². The molecule has 1 aromatic carbocycles. The van der Waals surface area contributed by atoms with Crippen LogP contribution < -0.4 is 4.99 Å². The summed E-state index contributed by atoms with van der Waals surface area (Å²) in [6.45, 7) is 22.9. The second kappa shape index (κ2) is 22.8. The van der Waals surface area contributed by atoms with Gasteiger partial charge in [-0.1, -0.05) is 92.6 Å². The Labute approximate surface area is 237 Å². The minimum Gasteiger partial charge on any atom is -0.208 e. The molecule has 1 N–H and O–H groups in total. The maximum absolute atomic E-state index is 3.94. The molecule has 1 radical (unpaired) electrons. The number of rotatable bonds is 10. The predicted octanol–water partition coefficient (Wildman–Crippen LogP) is 8.58. The predicted molar refractivity (Wildman–Crippen MR) is 166 cm³/mol. The fraction of sp³-hybridized carbons (Fsp3) is 0.679. The topological polar surface area (TPSA) is 14.0 Å². The van der Waals surface area contributed by atoms with Gasteiger partial charge in [0.05, 0.1) is 19.2 Å². The third kappa shape index (κ3) is 13.3. The molecule has 0 amide bonds. The van der Waals surface area contributed by atoms with E-state index in [0.29, 0.717) is 15.8 Å². The molecule has 0 aromatic heterocycles. The molecule has 0 saturated carbocycles. The number of halogens is 1. The van der Waals surface area contributed by atoms with Crippen molar-refractivity contribution in [1.29, 1.82) is 0 Å². The quantitative estimate of drug-likeness (QED) is 0.195. The summed E-state index contributed by atoms with van der Waals surface area (Å²) in [5.74, 6) is 0. The minimum atomic E-state index is -1.34. The average molecular weight is 637 g/mol. The van der Waals surface area contributed by atoms with Gasteiger partial charge in [0.25, 0.3) is 0 Å². The number of allylic oxidation sites excluding steroid dienone is 1. The fourth-order valence-electron chi connectivity index (χ4n) is 4.06. The molecule has 0 aliphatic carbocycles. The van der Waals surface area contributed by atoms with Crippen LogP contribution in [0.5, 0.6) is 0 Å². The van der Waals surface area contributed by atoms with E-state index in [1.54, 1.807) is 0 Å². The second-order valence-electron chi connectivity index (χ2n) is 8.38. The molecular weight excluding hydrogens is 582 g/mol. The Bertz CT molecular complexity index is 653. The van der Waals surface area contributed by atoms with Crippen LogP contribution in [0.25, 0.3) is 5.57 Å². The van der Waals surface area contributed by atoms with Crippen molar-refractivity contribution in [3.63, 3.8) is 0 Å². The molecule has 1 aliphatic rings. The van der Waals surface area contributed by atoms with Gasteiger partial charge >= 0.3 is 0 Å².